The summed E-state index contributed by atoms with van der Waals surface area (Å²) in [6.45, 7) is 14.3. The maximum absolute atomic E-state index is 15.2. The third-order valence-electron chi connectivity index (χ3n) is 22.7. The first kappa shape index (κ1) is 123. The zero-order valence-corrected chi connectivity index (χ0v) is 82.8. The summed E-state index contributed by atoms with van der Waals surface area (Å²) in [5.74, 6) is -27.8. The average Bonchev–Trinajstić information content (AvgIpc) is 1.75. The van der Waals surface area contributed by atoms with Crippen molar-refractivity contribution in [1.82, 2.24) is 90.1 Å². The van der Waals surface area contributed by atoms with Crippen molar-refractivity contribution < 1.29 is 131 Å². The Bertz CT molecular complexity index is 4870. The number of nitrogens with one attached hydrogen (secondary N) is 18. The van der Waals surface area contributed by atoms with Crippen LogP contribution in [0.15, 0.2) is 60.8 Å². The van der Waals surface area contributed by atoms with Crippen LogP contribution in [0.1, 0.15) is 202 Å². The Morgan fingerprint density at radius 2 is 0.755 bits per heavy atom. The molecule has 0 aliphatic rings. The van der Waals surface area contributed by atoms with Crippen molar-refractivity contribution in [1.29, 1.82) is 5.41 Å². The van der Waals surface area contributed by atoms with E-state index in [0.29, 0.717) is 28.5 Å². The largest absolute Gasteiger partial charge is 0.481 e. The van der Waals surface area contributed by atoms with Crippen molar-refractivity contribution in [2.24, 2.45) is 52.3 Å². The van der Waals surface area contributed by atoms with Gasteiger partial charge in [-0.25, -0.2) is 4.79 Å². The van der Waals surface area contributed by atoms with E-state index in [2.05, 4.69) is 90.1 Å². The topological polar surface area (TPSA) is 839 Å². The number of hydrogen-bond acceptors (Lipinski definition) is 26. The summed E-state index contributed by atoms with van der Waals surface area (Å²) in [5, 5.41) is 97.4. The van der Waals surface area contributed by atoms with E-state index in [4.69, 9.17) is 34.1 Å². The summed E-state index contributed by atoms with van der Waals surface area (Å²) < 4.78 is 0. The molecule has 794 valence electrons. The Morgan fingerprint density at radius 3 is 1.17 bits per heavy atom. The minimum Gasteiger partial charge on any atom is -0.481 e. The van der Waals surface area contributed by atoms with E-state index in [1.54, 1.807) is 109 Å². The zero-order chi connectivity index (χ0) is 108. The molecule has 0 radical (unpaired) electrons. The predicted molar refractivity (Wildman–Crippen MR) is 520 cm³/mol. The molecule has 0 fully saturated rings. The summed E-state index contributed by atoms with van der Waals surface area (Å²) in [4.78, 5) is 304. The number of primary amides is 2. The number of carbonyl (C=O) groups is 22. The smallest absolute Gasteiger partial charge is 0.326 e. The minimum absolute atomic E-state index is 0.00756. The SMILES string of the molecule is CC[C@H](C)[C@H](NC(=O)[C@H](Cc1ccccc1)NC(=O)[C@H](CC(C)C)NC(=O)[C@H](CCCNC(=N)N)NC(=O)[C@@H](NC(=O)[C@H](C)NC(=O)[C@H](CCC(=O)O)NC(=O)[C@H](CCC(=O)O)NC(=O)[C@H](CCC(=O)O)NC(=O)[C@H](CCSC)NC(=O)[C@@H](N)CCC(N)=O)C(C)C)C(=O)N[C@@H](CCC(=O)O)C(=O)N[C@@H](Cc1c[nH]c2ccccc12)C(=O)N[C@@H](CC(C)C)C(=O)N[C@@H](CCCCN)C(=O)N[C@@H](CC(N)=O)C(=O)O. The molecule has 17 amide bonds. The molecule has 0 bridgehead atoms. The van der Waals surface area contributed by atoms with Crippen LogP contribution in [0.2, 0.25) is 0 Å². The summed E-state index contributed by atoms with van der Waals surface area (Å²) >= 11 is 1.25. The average molecular weight is 2040 g/mol. The highest BCUT2D eigenvalue weighted by Gasteiger charge is 2.41. The maximum Gasteiger partial charge on any atom is 0.326 e. The fraction of sp³-hybridized carbons (Fsp3) is 0.598. The number of aromatic nitrogens is 1. The molecule has 33 N–H and O–H groups in total. The first-order valence-electron chi connectivity index (χ1n) is 47.1. The summed E-state index contributed by atoms with van der Waals surface area (Å²) in [6.07, 6.45) is -4.47. The number of H-pyrrole nitrogens is 1. The molecule has 51 heteroatoms. The van der Waals surface area contributed by atoms with E-state index in [1.165, 1.54) is 25.6 Å². The van der Waals surface area contributed by atoms with Gasteiger partial charge in [0, 0.05) is 68.6 Å². The monoisotopic (exact) mass is 2030 g/mol. The van der Waals surface area contributed by atoms with Gasteiger partial charge in [-0.2, -0.15) is 11.8 Å². The Morgan fingerprint density at radius 1 is 0.385 bits per heavy atom. The number of amides is 17. The van der Waals surface area contributed by atoms with Crippen LogP contribution in [0.3, 0.4) is 0 Å². The van der Waals surface area contributed by atoms with E-state index < -0.39 is 308 Å². The number of carbonyl (C=O) groups excluding carboxylic acids is 17. The van der Waals surface area contributed by atoms with Crippen molar-refractivity contribution in [3.8, 4) is 0 Å². The number of aliphatic carboxylic acids is 5. The number of thioether (sulfide) groups is 1. The van der Waals surface area contributed by atoms with Crippen LogP contribution in [0, 0.1) is 29.1 Å². The van der Waals surface area contributed by atoms with Crippen LogP contribution >= 0.6 is 11.8 Å². The molecule has 2 aromatic carbocycles. The number of carboxylic acid groups (broad SMARTS) is 5. The maximum atomic E-state index is 15.2. The molecular weight excluding hydrogens is 1890 g/mol. The lowest BCUT2D eigenvalue weighted by Crippen LogP contribution is -2.62. The minimum atomic E-state index is -1.93. The number of benzene rings is 2. The van der Waals surface area contributed by atoms with Gasteiger partial charge >= 0.3 is 29.8 Å². The van der Waals surface area contributed by atoms with Crippen LogP contribution in [0.5, 0.6) is 0 Å². The number of hydrogen-bond donors (Lipinski definition) is 28. The standard InChI is InChI=1S/C92H143N23O27S/c1-11-49(8)75(90(140)108-61(30-35-73(124)125)83(133)112-66(43-52-45-100-55-23-16-15-22-53(52)55)87(137)110-63(40-46(2)3)85(135)103-56(24-17-18-37-93)80(130)113-67(91(141)142)44-69(96)117)115-88(138)65(42-51-20-13-12-14-21-51)111-86(136)64(41-47(4)5)109-79(129)57(25-19-38-99-92(97)98)107-89(139)74(48(6)7)114-76(126)50(9)101-78(128)58(27-32-70(118)119)104-81(131)59(28-33-71(120)121)105-82(132)60(29-34-72(122)123)106-84(134)62(36-39-143-10)102-77(127)54(94)26-31-68(95)116/h12-16,20-23,45-50,54,56-67,74-75,100H,11,17-19,24-44,93-94H2,1-10H3,(H2,95,116)(H2,96,117)(H,101,128)(H,102,127)(H,103,135)(H,104,131)(H,105,132)(H,106,134)(H,107,139)(H,108,140)(H,109,129)(H,110,137)(H,111,136)(H,112,133)(H,113,130)(H,114,126)(H,115,138)(H,118,119)(H,120,121)(H,122,123)(H,124,125)(H,141,142)(H4,97,98,99)/t49-,50-,54-,56-,57-,58-,59-,60-,61-,62-,63-,64-,65-,66-,67-,74-,75-/m0/s1. The summed E-state index contributed by atoms with van der Waals surface area (Å²) in [7, 11) is 0. The Hall–Kier alpha value is -14.1. The molecule has 1 aromatic heterocycles. The second-order valence-corrected chi connectivity index (χ2v) is 37.0. The van der Waals surface area contributed by atoms with Crippen LogP contribution in [-0.2, 0) is 118 Å². The number of nitrogens with two attached hydrogens (primary N) is 5. The number of para-hydroxylation sites is 1. The lowest BCUT2D eigenvalue weighted by molar-refractivity contribution is -0.144. The van der Waals surface area contributed by atoms with Gasteiger partial charge in [-0.05, 0) is 150 Å². The van der Waals surface area contributed by atoms with Gasteiger partial charge in [-0.3, -0.25) is 106 Å². The zero-order valence-electron chi connectivity index (χ0n) is 82.0. The van der Waals surface area contributed by atoms with Crippen molar-refractivity contribution in [2.75, 3.05) is 25.1 Å². The lowest BCUT2D eigenvalue weighted by atomic mass is 9.96. The van der Waals surface area contributed by atoms with Crippen LogP contribution in [0.25, 0.3) is 10.9 Å². The number of fused-ring (bicyclic) bond motifs is 1. The summed E-state index contributed by atoms with van der Waals surface area (Å²) in [6, 6.07) is -11.0. The number of carboxylic acids is 5. The molecule has 3 aromatic rings. The third-order valence-corrected chi connectivity index (χ3v) is 23.4. The van der Waals surface area contributed by atoms with Crippen molar-refractivity contribution in [3.63, 3.8) is 0 Å². The van der Waals surface area contributed by atoms with Crippen LogP contribution in [-0.4, -0.2) is 289 Å². The van der Waals surface area contributed by atoms with E-state index in [9.17, 15) is 107 Å². The molecule has 0 aliphatic carbocycles. The second-order valence-electron chi connectivity index (χ2n) is 36.0. The van der Waals surface area contributed by atoms with Gasteiger partial charge in [0.1, 0.15) is 90.6 Å². The Labute approximate surface area is 831 Å². The number of unbranched alkanes of at least 4 members (excludes halogenated alkanes) is 1. The van der Waals surface area contributed by atoms with Gasteiger partial charge < -0.3 is 144 Å². The molecule has 17 atom stereocenters. The molecule has 1 heterocycles. The first-order valence-corrected chi connectivity index (χ1v) is 48.5. The quantitative estimate of drug-likeness (QED) is 0.0146. The second kappa shape index (κ2) is 63.6. The van der Waals surface area contributed by atoms with Crippen LogP contribution < -0.4 is 114 Å². The van der Waals surface area contributed by atoms with E-state index in [-0.39, 0.29) is 102 Å². The molecule has 0 spiro atoms. The van der Waals surface area contributed by atoms with E-state index >= 15 is 24.0 Å². The van der Waals surface area contributed by atoms with Crippen LogP contribution in [0.4, 0.5) is 0 Å². The number of rotatable bonds is 70. The first-order chi connectivity index (χ1) is 67.3. The highest BCUT2D eigenvalue weighted by molar-refractivity contribution is 7.98. The van der Waals surface area contributed by atoms with E-state index in [0.717, 1.165) is 6.92 Å². The van der Waals surface area contributed by atoms with Gasteiger partial charge in [0.05, 0.1) is 12.5 Å². The van der Waals surface area contributed by atoms with Crippen molar-refractivity contribution in [3.05, 3.63) is 71.9 Å². The lowest BCUT2D eigenvalue weighted by Gasteiger charge is -2.30. The Kier molecular flexibility index (Phi) is 54.7. The Balaban J connectivity index is 2.05. The molecule has 0 unspecified atom stereocenters. The number of aromatic amines is 1. The summed E-state index contributed by atoms with van der Waals surface area (Å²) in [5.41, 5.74) is 29.2. The van der Waals surface area contributed by atoms with Gasteiger partial charge in [0.25, 0.3) is 0 Å². The highest BCUT2D eigenvalue weighted by atomic mass is 32.2. The number of guanidine groups is 1. The molecule has 0 saturated heterocycles. The van der Waals surface area contributed by atoms with Gasteiger partial charge in [0.2, 0.25) is 100 Å². The molecule has 50 nitrogen and oxygen atoms in total. The molecule has 0 aliphatic heterocycles. The fourth-order valence-corrected chi connectivity index (χ4v) is 15.1. The highest BCUT2D eigenvalue weighted by Crippen LogP contribution is 2.22. The van der Waals surface area contributed by atoms with E-state index in [1.807, 2.05) is 0 Å². The van der Waals surface area contributed by atoms with Gasteiger partial charge in [0.15, 0.2) is 5.96 Å². The molecule has 3 rings (SSSR count). The third kappa shape index (κ3) is 46.4. The van der Waals surface area contributed by atoms with Crippen molar-refractivity contribution >= 4 is 159 Å². The van der Waals surface area contributed by atoms with Gasteiger partial charge in [-0.1, -0.05) is 110 Å². The molecular formula is C92H143N23O27S. The fourth-order valence-electron chi connectivity index (χ4n) is 14.6. The predicted octanol–water partition coefficient (Wildman–Crippen LogP) is -3.80. The van der Waals surface area contributed by atoms with Gasteiger partial charge in [-0.15, -0.1) is 0 Å². The normalized spacial score (nSPS) is 14.8. The van der Waals surface area contributed by atoms with Crippen molar-refractivity contribution in [2.45, 2.75) is 300 Å². The molecule has 0 saturated carbocycles. The molecule has 143 heavy (non-hydrogen) atoms.